The molecule has 0 radical (unpaired) electrons. The molecule has 2 rings (SSSR count). The summed E-state index contributed by atoms with van der Waals surface area (Å²) in [6.45, 7) is 4.45. The van der Waals surface area contributed by atoms with Gasteiger partial charge in [0.25, 0.3) is 0 Å². The van der Waals surface area contributed by atoms with Crippen LogP contribution in [0.25, 0.3) is 0 Å². The van der Waals surface area contributed by atoms with Gasteiger partial charge in [0.2, 0.25) is 0 Å². The number of rotatable bonds is 4. The summed E-state index contributed by atoms with van der Waals surface area (Å²) in [5.74, 6) is 0.585. The highest BCUT2D eigenvalue weighted by atomic mass is 79.9. The van der Waals surface area contributed by atoms with Gasteiger partial charge in [0, 0.05) is 15.6 Å². The molecule has 0 aliphatic carbocycles. The van der Waals surface area contributed by atoms with Crippen molar-refractivity contribution in [2.75, 3.05) is 0 Å². The maximum absolute atomic E-state index is 6.26. The summed E-state index contributed by atoms with van der Waals surface area (Å²) in [5.41, 5.74) is 3.44. The largest absolute Gasteiger partial charge is 0.0839 e. The third-order valence-corrected chi connectivity index (χ3v) is 5.31. The second-order valence-electron chi connectivity index (χ2n) is 4.97. The molecule has 0 bridgehead atoms. The lowest BCUT2D eigenvalue weighted by molar-refractivity contribution is 0.733. The van der Waals surface area contributed by atoms with Crippen LogP contribution in [0.1, 0.15) is 47.7 Å². The van der Waals surface area contributed by atoms with Gasteiger partial charge in [-0.1, -0.05) is 83.3 Å². The van der Waals surface area contributed by atoms with Crippen molar-refractivity contribution in [1.82, 2.24) is 0 Å². The van der Waals surface area contributed by atoms with E-state index in [2.05, 4.69) is 54.0 Å². The highest BCUT2D eigenvalue weighted by molar-refractivity contribution is 9.09. The number of benzene rings is 2. The summed E-state index contributed by atoms with van der Waals surface area (Å²) >= 11 is 16.2. The first kappa shape index (κ1) is 15.9. The van der Waals surface area contributed by atoms with E-state index in [4.69, 9.17) is 23.2 Å². The Morgan fingerprint density at radius 2 is 1.45 bits per heavy atom. The van der Waals surface area contributed by atoms with Crippen LogP contribution < -0.4 is 0 Å². The van der Waals surface area contributed by atoms with Crippen molar-refractivity contribution in [3.8, 4) is 0 Å². The molecule has 2 atom stereocenters. The molecule has 3 heteroatoms. The topological polar surface area (TPSA) is 0 Å². The van der Waals surface area contributed by atoms with Crippen LogP contribution in [0.2, 0.25) is 10.0 Å². The summed E-state index contributed by atoms with van der Waals surface area (Å²) in [7, 11) is 0. The quantitative estimate of drug-likeness (QED) is 0.508. The molecule has 0 aliphatic heterocycles. The van der Waals surface area contributed by atoms with E-state index in [0.717, 1.165) is 17.5 Å². The number of hydrogen-bond donors (Lipinski definition) is 0. The summed E-state index contributed by atoms with van der Waals surface area (Å²) in [6, 6.07) is 14.2. The first-order valence-corrected chi connectivity index (χ1v) is 8.39. The first-order valence-electron chi connectivity index (χ1n) is 6.72. The van der Waals surface area contributed by atoms with Gasteiger partial charge in [0.05, 0.1) is 4.83 Å². The third kappa shape index (κ3) is 3.39. The molecule has 0 nitrogen and oxygen atoms in total. The molecule has 20 heavy (non-hydrogen) atoms. The van der Waals surface area contributed by atoms with Crippen molar-refractivity contribution in [2.45, 2.75) is 31.0 Å². The monoisotopic (exact) mass is 370 g/mol. The van der Waals surface area contributed by atoms with Crippen LogP contribution in [0.4, 0.5) is 0 Å². The van der Waals surface area contributed by atoms with E-state index < -0.39 is 0 Å². The van der Waals surface area contributed by atoms with Gasteiger partial charge < -0.3 is 0 Å². The molecule has 0 spiro atoms. The molecule has 0 amide bonds. The van der Waals surface area contributed by atoms with Gasteiger partial charge in [-0.2, -0.15) is 0 Å². The molecule has 0 saturated heterocycles. The van der Waals surface area contributed by atoms with Crippen LogP contribution in [0, 0.1) is 0 Å². The fourth-order valence-corrected chi connectivity index (χ4v) is 3.83. The molecular weight excluding hydrogens is 355 g/mol. The van der Waals surface area contributed by atoms with Crippen LogP contribution in [-0.2, 0) is 0 Å². The second-order valence-corrected chi connectivity index (χ2v) is 6.70. The molecular formula is C17H17BrCl2. The molecule has 0 aromatic heterocycles. The lowest BCUT2D eigenvalue weighted by atomic mass is 9.96. The van der Waals surface area contributed by atoms with E-state index in [1.165, 1.54) is 5.56 Å². The second kappa shape index (κ2) is 6.98. The Bertz CT molecular complexity index is 558. The predicted octanol–water partition coefficient (Wildman–Crippen LogP) is 6.99. The molecule has 106 valence electrons. The highest BCUT2D eigenvalue weighted by Gasteiger charge is 2.17. The zero-order chi connectivity index (χ0) is 14.7. The third-order valence-electron chi connectivity index (χ3n) is 3.66. The average Bonchev–Trinajstić information content (AvgIpc) is 2.46. The van der Waals surface area contributed by atoms with Crippen LogP contribution in [-0.4, -0.2) is 0 Å². The first-order chi connectivity index (χ1) is 9.54. The Hall–Kier alpha value is -0.500. The van der Waals surface area contributed by atoms with Gasteiger partial charge >= 0.3 is 0 Å². The minimum atomic E-state index is 0.00897. The van der Waals surface area contributed by atoms with Crippen molar-refractivity contribution in [1.29, 1.82) is 0 Å². The van der Waals surface area contributed by atoms with E-state index in [9.17, 15) is 0 Å². The van der Waals surface area contributed by atoms with Gasteiger partial charge in [-0.05, 0) is 35.6 Å². The number of alkyl halides is 1. The van der Waals surface area contributed by atoms with Crippen LogP contribution >= 0.6 is 39.1 Å². The van der Waals surface area contributed by atoms with Crippen molar-refractivity contribution in [3.05, 3.63) is 69.2 Å². The van der Waals surface area contributed by atoms with Gasteiger partial charge in [0.15, 0.2) is 0 Å². The Kier molecular flexibility index (Phi) is 5.54. The van der Waals surface area contributed by atoms with E-state index in [1.54, 1.807) is 0 Å². The SMILES string of the molecule is CCC(C)c1ccc(C(Br)c2c(Cl)cccc2Cl)cc1. The molecule has 0 N–H and O–H groups in total. The Balaban J connectivity index is 2.32. The standard InChI is InChI=1S/C17H17BrCl2/c1-3-11(2)12-7-9-13(10-8-12)17(18)16-14(19)5-4-6-15(16)20/h4-11,17H,3H2,1-2H3. The minimum absolute atomic E-state index is 0.00897. The summed E-state index contributed by atoms with van der Waals surface area (Å²) in [4.78, 5) is 0.00897. The molecule has 0 heterocycles. The Morgan fingerprint density at radius 1 is 0.950 bits per heavy atom. The summed E-state index contributed by atoms with van der Waals surface area (Å²) in [5, 5.41) is 1.37. The van der Waals surface area contributed by atoms with Gasteiger partial charge in [0.1, 0.15) is 0 Å². The lowest BCUT2D eigenvalue weighted by Gasteiger charge is -2.16. The molecule has 0 fully saturated rings. The summed E-state index contributed by atoms with van der Waals surface area (Å²) in [6.07, 6.45) is 1.15. The van der Waals surface area contributed by atoms with Crippen molar-refractivity contribution in [2.24, 2.45) is 0 Å². The van der Waals surface area contributed by atoms with Crippen molar-refractivity contribution < 1.29 is 0 Å². The fourth-order valence-electron chi connectivity index (χ4n) is 2.15. The zero-order valence-corrected chi connectivity index (χ0v) is 14.6. The van der Waals surface area contributed by atoms with Crippen LogP contribution in [0.15, 0.2) is 42.5 Å². The summed E-state index contributed by atoms with van der Waals surface area (Å²) < 4.78 is 0. The molecule has 0 saturated carbocycles. The van der Waals surface area contributed by atoms with E-state index in [0.29, 0.717) is 16.0 Å². The normalized spacial score (nSPS) is 14.1. The maximum Gasteiger partial charge on any atom is 0.0673 e. The van der Waals surface area contributed by atoms with E-state index in [-0.39, 0.29) is 4.83 Å². The van der Waals surface area contributed by atoms with Gasteiger partial charge in [-0.25, -0.2) is 0 Å². The zero-order valence-electron chi connectivity index (χ0n) is 11.5. The van der Waals surface area contributed by atoms with Crippen LogP contribution in [0.3, 0.4) is 0 Å². The molecule has 2 aromatic rings. The molecule has 2 aromatic carbocycles. The Morgan fingerprint density at radius 3 is 1.95 bits per heavy atom. The highest BCUT2D eigenvalue weighted by Crippen LogP contribution is 2.39. The maximum atomic E-state index is 6.26. The van der Waals surface area contributed by atoms with Crippen molar-refractivity contribution in [3.63, 3.8) is 0 Å². The molecule has 2 unspecified atom stereocenters. The fraction of sp³-hybridized carbons (Fsp3) is 0.294. The van der Waals surface area contributed by atoms with E-state index in [1.807, 2.05) is 18.2 Å². The number of hydrogen-bond acceptors (Lipinski definition) is 0. The lowest BCUT2D eigenvalue weighted by Crippen LogP contribution is -1.97. The number of halogens is 3. The van der Waals surface area contributed by atoms with Crippen LogP contribution in [0.5, 0.6) is 0 Å². The average molecular weight is 372 g/mol. The minimum Gasteiger partial charge on any atom is -0.0839 e. The van der Waals surface area contributed by atoms with Crippen molar-refractivity contribution >= 4 is 39.1 Å². The predicted molar refractivity (Wildman–Crippen MR) is 92.4 cm³/mol. The van der Waals surface area contributed by atoms with Gasteiger partial charge in [-0.15, -0.1) is 0 Å². The molecule has 0 aliphatic rings. The van der Waals surface area contributed by atoms with Gasteiger partial charge in [-0.3, -0.25) is 0 Å². The Labute approximate surface area is 139 Å². The smallest absolute Gasteiger partial charge is 0.0673 e. The van der Waals surface area contributed by atoms with E-state index >= 15 is 0 Å².